The minimum atomic E-state index is -0.417. The number of aryl methyl sites for hydroxylation is 1. The molecule has 1 aromatic heterocycles. The van der Waals surface area contributed by atoms with Crippen LogP contribution in [0.4, 0.5) is 11.5 Å². The highest BCUT2D eigenvalue weighted by Gasteiger charge is 2.20. The molecule has 0 aliphatic carbocycles. The minimum Gasteiger partial charge on any atom is -0.358 e. The maximum Gasteiger partial charge on any atom is 0.314 e. The third-order valence-corrected chi connectivity index (χ3v) is 3.28. The summed E-state index contributed by atoms with van der Waals surface area (Å²) in [7, 11) is 0. The van der Waals surface area contributed by atoms with Crippen LogP contribution in [-0.2, 0) is 0 Å². The van der Waals surface area contributed by atoms with E-state index in [1.807, 2.05) is 19.1 Å². The first-order valence-corrected chi connectivity index (χ1v) is 6.49. The van der Waals surface area contributed by atoms with Crippen LogP contribution in [0.3, 0.4) is 0 Å². The molecule has 0 saturated heterocycles. The van der Waals surface area contributed by atoms with Crippen molar-refractivity contribution in [1.82, 2.24) is 4.98 Å². The number of halogens is 1. The lowest BCUT2D eigenvalue weighted by Crippen LogP contribution is -2.10. The molecule has 0 saturated carbocycles. The fourth-order valence-corrected chi connectivity index (χ4v) is 2.05. The fourth-order valence-electron chi connectivity index (χ4n) is 1.93. The Kier molecular flexibility index (Phi) is 4.20. The number of aromatic nitrogens is 1. The average Bonchev–Trinajstić information content (AvgIpc) is 2.39. The lowest BCUT2D eigenvalue weighted by molar-refractivity contribution is -0.384. The summed E-state index contributed by atoms with van der Waals surface area (Å²) >= 11 is 5.84. The monoisotopic (exact) mass is 291 g/mol. The van der Waals surface area contributed by atoms with Crippen LogP contribution >= 0.6 is 11.6 Å². The molecule has 0 bridgehead atoms. The van der Waals surface area contributed by atoms with Gasteiger partial charge in [0.1, 0.15) is 0 Å². The van der Waals surface area contributed by atoms with Crippen LogP contribution in [0.1, 0.15) is 24.1 Å². The number of anilines is 1. The predicted octanol–water partition coefficient (Wildman–Crippen LogP) is 4.12. The molecule has 5 nitrogen and oxygen atoms in total. The van der Waals surface area contributed by atoms with Crippen molar-refractivity contribution >= 4 is 23.1 Å². The first-order valence-electron chi connectivity index (χ1n) is 6.11. The smallest absolute Gasteiger partial charge is 0.314 e. The third kappa shape index (κ3) is 3.05. The normalized spacial score (nSPS) is 11.9. The van der Waals surface area contributed by atoms with Gasteiger partial charge in [0.2, 0.25) is 5.82 Å². The Morgan fingerprint density at radius 1 is 1.30 bits per heavy atom. The summed E-state index contributed by atoms with van der Waals surface area (Å²) in [5, 5.41) is 14.8. The predicted molar refractivity (Wildman–Crippen MR) is 79.1 cm³/mol. The minimum absolute atomic E-state index is 0.00770. The summed E-state index contributed by atoms with van der Waals surface area (Å²) in [5.74, 6) is 0.275. The highest BCUT2D eigenvalue weighted by Crippen LogP contribution is 2.29. The topological polar surface area (TPSA) is 68.1 Å². The van der Waals surface area contributed by atoms with Crippen LogP contribution in [0.15, 0.2) is 36.5 Å². The van der Waals surface area contributed by atoms with Gasteiger partial charge < -0.3 is 5.32 Å². The van der Waals surface area contributed by atoms with E-state index in [1.54, 1.807) is 31.3 Å². The zero-order valence-electron chi connectivity index (χ0n) is 11.1. The summed E-state index contributed by atoms with van der Waals surface area (Å²) in [6, 6.07) is 8.83. The van der Waals surface area contributed by atoms with Crippen LogP contribution in [0.5, 0.6) is 0 Å². The molecule has 0 spiro atoms. The summed E-state index contributed by atoms with van der Waals surface area (Å²) in [6.07, 6.45) is 1.55. The number of pyridine rings is 1. The fraction of sp³-hybridized carbons (Fsp3) is 0.214. The first kappa shape index (κ1) is 14.3. The molecule has 0 radical (unpaired) electrons. The van der Waals surface area contributed by atoms with Gasteiger partial charge in [0.25, 0.3) is 0 Å². The van der Waals surface area contributed by atoms with E-state index in [0.717, 1.165) is 5.56 Å². The maximum atomic E-state index is 11.1. The number of rotatable bonds is 4. The number of benzene rings is 1. The van der Waals surface area contributed by atoms with Crippen LogP contribution in [0, 0.1) is 17.0 Å². The molecule has 0 aliphatic rings. The second kappa shape index (κ2) is 5.88. The number of nitrogens with one attached hydrogen (secondary N) is 1. The standard InChI is InChI=1S/C14H14ClN3O2/c1-9-7-8-16-14(13(9)18(19)20)17-10(2)11-3-5-12(15)6-4-11/h3-8,10H,1-2H3,(H,16,17). The Morgan fingerprint density at radius 2 is 1.95 bits per heavy atom. The zero-order chi connectivity index (χ0) is 14.7. The van der Waals surface area contributed by atoms with E-state index >= 15 is 0 Å². The van der Waals surface area contributed by atoms with Gasteiger partial charge in [0, 0.05) is 16.8 Å². The second-order valence-electron chi connectivity index (χ2n) is 4.50. The lowest BCUT2D eigenvalue weighted by Gasteiger charge is -2.15. The van der Waals surface area contributed by atoms with Crippen molar-refractivity contribution in [2.45, 2.75) is 19.9 Å². The summed E-state index contributed by atoms with van der Waals surface area (Å²) in [6.45, 7) is 3.61. The molecule has 104 valence electrons. The Bertz CT molecular complexity index is 629. The molecule has 1 aromatic carbocycles. The molecule has 2 rings (SSSR count). The summed E-state index contributed by atoms with van der Waals surface area (Å²) < 4.78 is 0. The van der Waals surface area contributed by atoms with E-state index in [4.69, 9.17) is 11.6 Å². The molecule has 2 aromatic rings. The van der Waals surface area contributed by atoms with Gasteiger partial charge in [-0.3, -0.25) is 10.1 Å². The van der Waals surface area contributed by atoms with E-state index in [0.29, 0.717) is 10.6 Å². The van der Waals surface area contributed by atoms with Crippen LogP contribution in [0.25, 0.3) is 0 Å². The molecule has 1 atom stereocenters. The largest absolute Gasteiger partial charge is 0.358 e. The molecule has 1 heterocycles. The molecular weight excluding hydrogens is 278 g/mol. The van der Waals surface area contributed by atoms with Gasteiger partial charge in [0.15, 0.2) is 0 Å². The Balaban J connectivity index is 2.28. The number of nitro groups is 1. The molecular formula is C14H14ClN3O2. The van der Waals surface area contributed by atoms with Gasteiger partial charge in [-0.05, 0) is 37.6 Å². The highest BCUT2D eigenvalue weighted by molar-refractivity contribution is 6.30. The van der Waals surface area contributed by atoms with Crippen LogP contribution < -0.4 is 5.32 Å². The van der Waals surface area contributed by atoms with Gasteiger partial charge in [0.05, 0.1) is 11.0 Å². The van der Waals surface area contributed by atoms with Crippen LogP contribution in [-0.4, -0.2) is 9.91 Å². The van der Waals surface area contributed by atoms with E-state index in [1.165, 1.54) is 0 Å². The van der Waals surface area contributed by atoms with E-state index in [9.17, 15) is 10.1 Å². The van der Waals surface area contributed by atoms with Gasteiger partial charge >= 0.3 is 5.69 Å². The first-order chi connectivity index (χ1) is 9.49. The number of nitrogens with zero attached hydrogens (tertiary/aromatic N) is 2. The number of hydrogen-bond acceptors (Lipinski definition) is 4. The highest BCUT2D eigenvalue weighted by atomic mass is 35.5. The second-order valence-corrected chi connectivity index (χ2v) is 4.94. The number of hydrogen-bond donors (Lipinski definition) is 1. The summed E-state index contributed by atoms with van der Waals surface area (Å²) in [4.78, 5) is 14.8. The van der Waals surface area contributed by atoms with E-state index in [-0.39, 0.29) is 17.5 Å². The Morgan fingerprint density at radius 3 is 2.55 bits per heavy atom. The SMILES string of the molecule is Cc1ccnc(NC(C)c2ccc(Cl)cc2)c1[N+](=O)[O-]. The van der Waals surface area contributed by atoms with Gasteiger partial charge in [-0.15, -0.1) is 0 Å². The van der Waals surface area contributed by atoms with Crippen molar-refractivity contribution in [3.8, 4) is 0 Å². The van der Waals surface area contributed by atoms with Gasteiger partial charge in [-0.2, -0.15) is 0 Å². The van der Waals surface area contributed by atoms with Crippen LogP contribution in [0.2, 0.25) is 5.02 Å². The van der Waals surface area contributed by atoms with Gasteiger partial charge in [-0.25, -0.2) is 4.98 Å². The van der Waals surface area contributed by atoms with Crippen molar-refractivity contribution in [1.29, 1.82) is 0 Å². The van der Waals surface area contributed by atoms with E-state index in [2.05, 4.69) is 10.3 Å². The Hall–Kier alpha value is -2.14. The average molecular weight is 292 g/mol. The Labute approximate surface area is 121 Å². The molecule has 1 N–H and O–H groups in total. The molecule has 0 aliphatic heterocycles. The zero-order valence-corrected chi connectivity index (χ0v) is 11.9. The lowest BCUT2D eigenvalue weighted by atomic mass is 10.1. The molecule has 1 unspecified atom stereocenters. The van der Waals surface area contributed by atoms with Gasteiger partial charge in [-0.1, -0.05) is 23.7 Å². The van der Waals surface area contributed by atoms with Crippen molar-refractivity contribution in [2.24, 2.45) is 0 Å². The van der Waals surface area contributed by atoms with Crippen molar-refractivity contribution < 1.29 is 4.92 Å². The van der Waals surface area contributed by atoms with Crippen molar-refractivity contribution in [2.75, 3.05) is 5.32 Å². The quantitative estimate of drug-likeness (QED) is 0.679. The molecule has 0 amide bonds. The summed E-state index contributed by atoms with van der Waals surface area (Å²) in [5.41, 5.74) is 1.57. The molecule has 0 fully saturated rings. The molecule has 6 heteroatoms. The van der Waals surface area contributed by atoms with Crippen molar-refractivity contribution in [3.05, 3.63) is 62.8 Å². The maximum absolute atomic E-state index is 11.1. The third-order valence-electron chi connectivity index (χ3n) is 3.03. The molecule has 20 heavy (non-hydrogen) atoms. The van der Waals surface area contributed by atoms with Crippen molar-refractivity contribution in [3.63, 3.8) is 0 Å². The van der Waals surface area contributed by atoms with E-state index < -0.39 is 4.92 Å².